The summed E-state index contributed by atoms with van der Waals surface area (Å²) < 4.78 is 4.57. The Morgan fingerprint density at radius 2 is 2.58 bits per heavy atom. The smallest absolute Gasteiger partial charge is 0.330 e. The Hall–Kier alpha value is -0.830. The van der Waals surface area contributed by atoms with Crippen LogP contribution in [0.3, 0.4) is 0 Å². The second-order valence-electron chi connectivity index (χ2n) is 3.40. The average Bonchev–Trinajstić information content (AvgIpc) is 2.42. The quantitative estimate of drug-likeness (QED) is 0.455. The van der Waals surface area contributed by atoms with Gasteiger partial charge in [-0.2, -0.15) is 0 Å². The summed E-state index contributed by atoms with van der Waals surface area (Å²) in [7, 11) is 1.42. The second kappa shape index (κ2) is 2.90. The van der Waals surface area contributed by atoms with Crippen LogP contribution in [0.2, 0.25) is 0 Å². The molecule has 2 atom stereocenters. The largest absolute Gasteiger partial charge is 0.466 e. The highest BCUT2D eigenvalue weighted by atomic mass is 16.5. The van der Waals surface area contributed by atoms with Gasteiger partial charge in [-0.25, -0.2) is 4.79 Å². The van der Waals surface area contributed by atoms with Gasteiger partial charge in [-0.15, -0.1) is 0 Å². The van der Waals surface area contributed by atoms with E-state index >= 15 is 0 Å². The fraction of sp³-hybridized carbons (Fsp3) is 0.667. The van der Waals surface area contributed by atoms with Gasteiger partial charge in [-0.3, -0.25) is 0 Å². The molecule has 0 aromatic rings. The van der Waals surface area contributed by atoms with E-state index in [1.54, 1.807) is 6.08 Å². The van der Waals surface area contributed by atoms with Crippen LogP contribution in [0, 0.1) is 5.92 Å². The van der Waals surface area contributed by atoms with E-state index in [9.17, 15) is 4.79 Å². The van der Waals surface area contributed by atoms with Gasteiger partial charge in [0.05, 0.1) is 7.11 Å². The molecule has 2 aliphatic rings. The van der Waals surface area contributed by atoms with E-state index in [1.807, 2.05) is 0 Å². The number of ether oxygens (including phenoxy) is 1. The van der Waals surface area contributed by atoms with Gasteiger partial charge in [-0.1, -0.05) is 5.57 Å². The first-order valence-electron chi connectivity index (χ1n) is 4.33. The van der Waals surface area contributed by atoms with Crippen molar-refractivity contribution in [2.45, 2.75) is 18.9 Å². The number of esters is 1. The molecule has 12 heavy (non-hydrogen) atoms. The lowest BCUT2D eigenvalue weighted by atomic mass is 9.75. The Morgan fingerprint density at radius 3 is 3.25 bits per heavy atom. The van der Waals surface area contributed by atoms with E-state index < -0.39 is 0 Å². The Labute approximate surface area is 71.8 Å². The number of nitrogens with one attached hydrogen (secondary N) is 1. The predicted octanol–water partition coefficient (Wildman–Crippen LogP) is 0.468. The number of methoxy groups -OCH3 is 1. The summed E-state index contributed by atoms with van der Waals surface area (Å²) in [5.41, 5.74) is 1.26. The Kier molecular flexibility index (Phi) is 1.89. The average molecular weight is 167 g/mol. The van der Waals surface area contributed by atoms with Gasteiger partial charge in [0, 0.05) is 12.1 Å². The minimum atomic E-state index is -0.213. The zero-order valence-corrected chi connectivity index (χ0v) is 7.17. The third-order valence-electron chi connectivity index (χ3n) is 2.78. The zero-order valence-electron chi connectivity index (χ0n) is 7.17. The van der Waals surface area contributed by atoms with Gasteiger partial charge in [0.15, 0.2) is 0 Å². The number of carbonyl (C=O) groups excluding carboxylic acids is 1. The summed E-state index contributed by atoms with van der Waals surface area (Å²) >= 11 is 0. The highest BCUT2D eigenvalue weighted by Gasteiger charge is 2.39. The van der Waals surface area contributed by atoms with Crippen molar-refractivity contribution in [3.63, 3.8) is 0 Å². The number of hydrogen-bond donors (Lipinski definition) is 1. The minimum Gasteiger partial charge on any atom is -0.466 e. The SMILES string of the molecule is COC(=O)/C=C1\CC2NCCC12. The molecule has 1 saturated heterocycles. The summed E-state index contributed by atoms with van der Waals surface area (Å²) in [6.07, 6.45) is 3.85. The molecule has 2 fully saturated rings. The molecular weight excluding hydrogens is 154 g/mol. The van der Waals surface area contributed by atoms with Crippen LogP contribution in [0.5, 0.6) is 0 Å². The molecule has 1 heterocycles. The van der Waals surface area contributed by atoms with E-state index in [2.05, 4.69) is 10.1 Å². The summed E-state index contributed by atoms with van der Waals surface area (Å²) in [5.74, 6) is 0.402. The normalized spacial score (nSPS) is 35.9. The first-order chi connectivity index (χ1) is 5.81. The lowest BCUT2D eigenvalue weighted by molar-refractivity contribution is -0.135. The van der Waals surface area contributed by atoms with Crippen LogP contribution in [0.15, 0.2) is 11.6 Å². The molecule has 0 bridgehead atoms. The number of fused-ring (bicyclic) bond motifs is 1. The molecule has 0 radical (unpaired) electrons. The van der Waals surface area contributed by atoms with Crippen molar-refractivity contribution in [2.24, 2.45) is 5.92 Å². The van der Waals surface area contributed by atoms with Crippen LogP contribution < -0.4 is 5.32 Å². The first kappa shape index (κ1) is 7.80. The highest BCUT2D eigenvalue weighted by Crippen LogP contribution is 2.39. The highest BCUT2D eigenvalue weighted by molar-refractivity contribution is 5.83. The summed E-state index contributed by atoms with van der Waals surface area (Å²) in [4.78, 5) is 10.9. The fourth-order valence-corrected chi connectivity index (χ4v) is 2.05. The molecule has 0 spiro atoms. The van der Waals surface area contributed by atoms with Crippen molar-refractivity contribution in [2.75, 3.05) is 13.7 Å². The number of rotatable bonds is 1. The summed E-state index contributed by atoms with van der Waals surface area (Å²) in [6, 6.07) is 0.640. The molecule has 3 nitrogen and oxygen atoms in total. The third kappa shape index (κ3) is 1.14. The fourth-order valence-electron chi connectivity index (χ4n) is 2.05. The van der Waals surface area contributed by atoms with Crippen LogP contribution >= 0.6 is 0 Å². The minimum absolute atomic E-state index is 0.213. The van der Waals surface area contributed by atoms with Gasteiger partial charge in [0.25, 0.3) is 0 Å². The lowest BCUT2D eigenvalue weighted by Gasteiger charge is -2.33. The molecule has 2 rings (SSSR count). The molecule has 0 aromatic heterocycles. The van der Waals surface area contributed by atoms with E-state index in [0.29, 0.717) is 12.0 Å². The molecule has 1 aliphatic carbocycles. The molecule has 2 unspecified atom stereocenters. The maximum atomic E-state index is 10.9. The molecule has 66 valence electrons. The number of hydrogen-bond acceptors (Lipinski definition) is 3. The van der Waals surface area contributed by atoms with Crippen molar-refractivity contribution in [1.29, 1.82) is 0 Å². The van der Waals surface area contributed by atoms with Crippen LogP contribution in [0.4, 0.5) is 0 Å². The predicted molar refractivity (Wildman–Crippen MR) is 44.6 cm³/mol. The Balaban J connectivity index is 1.99. The van der Waals surface area contributed by atoms with Gasteiger partial charge in [0.2, 0.25) is 0 Å². The van der Waals surface area contributed by atoms with Crippen molar-refractivity contribution >= 4 is 5.97 Å². The number of carbonyl (C=O) groups is 1. The van der Waals surface area contributed by atoms with E-state index in [0.717, 1.165) is 13.0 Å². The van der Waals surface area contributed by atoms with E-state index in [1.165, 1.54) is 19.1 Å². The Bertz CT molecular complexity index is 235. The standard InChI is InChI=1S/C9H13NO2/c1-12-9(11)5-6-4-8-7(6)2-3-10-8/h5,7-8,10H,2-4H2,1H3/b6-5+. The van der Waals surface area contributed by atoms with E-state index in [4.69, 9.17) is 0 Å². The van der Waals surface area contributed by atoms with Gasteiger partial charge in [-0.05, 0) is 25.3 Å². The Morgan fingerprint density at radius 1 is 1.75 bits per heavy atom. The van der Waals surface area contributed by atoms with Crippen molar-refractivity contribution in [3.8, 4) is 0 Å². The second-order valence-corrected chi connectivity index (χ2v) is 3.40. The maximum Gasteiger partial charge on any atom is 0.330 e. The molecular formula is C9H13NO2. The van der Waals surface area contributed by atoms with E-state index in [-0.39, 0.29) is 5.97 Å². The molecule has 1 saturated carbocycles. The van der Waals surface area contributed by atoms with Gasteiger partial charge < -0.3 is 10.1 Å². The van der Waals surface area contributed by atoms with Crippen molar-refractivity contribution in [1.82, 2.24) is 5.32 Å². The first-order valence-corrected chi connectivity index (χ1v) is 4.33. The zero-order chi connectivity index (χ0) is 8.55. The van der Waals surface area contributed by atoms with Crippen LogP contribution in [0.1, 0.15) is 12.8 Å². The van der Waals surface area contributed by atoms with Crippen LogP contribution in [0.25, 0.3) is 0 Å². The molecule has 0 amide bonds. The van der Waals surface area contributed by atoms with Gasteiger partial charge in [0.1, 0.15) is 0 Å². The molecule has 3 heteroatoms. The molecule has 1 N–H and O–H groups in total. The lowest BCUT2D eigenvalue weighted by Crippen LogP contribution is -2.38. The third-order valence-corrected chi connectivity index (χ3v) is 2.78. The van der Waals surface area contributed by atoms with Gasteiger partial charge >= 0.3 is 5.97 Å². The van der Waals surface area contributed by atoms with Crippen LogP contribution in [-0.2, 0) is 9.53 Å². The maximum absolute atomic E-state index is 10.9. The summed E-state index contributed by atoms with van der Waals surface area (Å²) in [6.45, 7) is 1.09. The van der Waals surface area contributed by atoms with Crippen molar-refractivity contribution in [3.05, 3.63) is 11.6 Å². The summed E-state index contributed by atoms with van der Waals surface area (Å²) in [5, 5.41) is 3.38. The topological polar surface area (TPSA) is 38.3 Å². The monoisotopic (exact) mass is 167 g/mol. The molecule has 1 aliphatic heterocycles. The van der Waals surface area contributed by atoms with Crippen LogP contribution in [-0.4, -0.2) is 25.7 Å². The molecule has 0 aromatic carbocycles. The van der Waals surface area contributed by atoms with Crippen molar-refractivity contribution < 1.29 is 9.53 Å².